The number of carbonyl (C=O) groups excluding carboxylic acids is 1. The Balaban J connectivity index is 1.87. The predicted molar refractivity (Wildman–Crippen MR) is 88.4 cm³/mol. The molecule has 1 saturated heterocycles. The van der Waals surface area contributed by atoms with Gasteiger partial charge in [0.1, 0.15) is 17.9 Å². The standard InChI is InChI=1S/C16H21N5O2/c1-12(22)20-5-3-6-21(8-7-20)15-10-14(17-2)18-16(19-15)13-4-9-23-11-13/h4,9-11H,3,5-8H2,1-2H3,(H,17,18,19). The Kier molecular flexibility index (Phi) is 4.45. The van der Waals surface area contributed by atoms with E-state index in [0.717, 1.165) is 49.8 Å². The fourth-order valence-electron chi connectivity index (χ4n) is 2.71. The number of furan rings is 1. The van der Waals surface area contributed by atoms with Crippen molar-refractivity contribution in [2.75, 3.05) is 43.4 Å². The van der Waals surface area contributed by atoms with E-state index in [4.69, 9.17) is 4.42 Å². The second-order valence-corrected chi connectivity index (χ2v) is 5.54. The summed E-state index contributed by atoms with van der Waals surface area (Å²) in [6, 6.07) is 3.78. The molecular formula is C16H21N5O2. The lowest BCUT2D eigenvalue weighted by Gasteiger charge is -2.23. The number of hydrogen-bond acceptors (Lipinski definition) is 6. The van der Waals surface area contributed by atoms with Gasteiger partial charge >= 0.3 is 0 Å². The molecule has 7 nitrogen and oxygen atoms in total. The van der Waals surface area contributed by atoms with E-state index in [-0.39, 0.29) is 5.91 Å². The molecule has 1 aliphatic heterocycles. The zero-order chi connectivity index (χ0) is 16.2. The van der Waals surface area contributed by atoms with Crippen molar-refractivity contribution >= 4 is 17.5 Å². The van der Waals surface area contributed by atoms with Gasteiger partial charge in [0.15, 0.2) is 5.82 Å². The number of nitrogens with one attached hydrogen (secondary N) is 1. The number of hydrogen-bond donors (Lipinski definition) is 1. The molecule has 0 bridgehead atoms. The second-order valence-electron chi connectivity index (χ2n) is 5.54. The van der Waals surface area contributed by atoms with Crippen molar-refractivity contribution in [3.63, 3.8) is 0 Å². The molecule has 2 aromatic heterocycles. The minimum atomic E-state index is 0.129. The lowest BCUT2D eigenvalue weighted by atomic mass is 10.3. The van der Waals surface area contributed by atoms with Crippen LogP contribution in [0.25, 0.3) is 11.4 Å². The van der Waals surface area contributed by atoms with Gasteiger partial charge in [-0.25, -0.2) is 9.97 Å². The molecular weight excluding hydrogens is 294 g/mol. The van der Waals surface area contributed by atoms with Gasteiger partial charge in [0.25, 0.3) is 0 Å². The second kappa shape index (κ2) is 6.68. The third-order valence-electron chi connectivity index (χ3n) is 4.01. The highest BCUT2D eigenvalue weighted by atomic mass is 16.3. The van der Waals surface area contributed by atoms with E-state index in [1.807, 2.05) is 24.1 Å². The van der Waals surface area contributed by atoms with E-state index in [1.165, 1.54) is 0 Å². The van der Waals surface area contributed by atoms with Crippen molar-refractivity contribution in [1.29, 1.82) is 0 Å². The molecule has 0 saturated carbocycles. The van der Waals surface area contributed by atoms with Gasteiger partial charge < -0.3 is 19.5 Å². The van der Waals surface area contributed by atoms with Gasteiger partial charge in [0, 0.05) is 46.2 Å². The van der Waals surface area contributed by atoms with E-state index >= 15 is 0 Å². The summed E-state index contributed by atoms with van der Waals surface area (Å²) < 4.78 is 5.13. The molecule has 23 heavy (non-hydrogen) atoms. The van der Waals surface area contributed by atoms with Gasteiger partial charge in [-0.3, -0.25) is 4.79 Å². The number of carbonyl (C=O) groups is 1. The first kappa shape index (κ1) is 15.3. The highest BCUT2D eigenvalue weighted by Crippen LogP contribution is 2.23. The van der Waals surface area contributed by atoms with Gasteiger partial charge in [0.05, 0.1) is 11.8 Å². The van der Waals surface area contributed by atoms with E-state index in [9.17, 15) is 4.79 Å². The van der Waals surface area contributed by atoms with Crippen molar-refractivity contribution in [2.45, 2.75) is 13.3 Å². The summed E-state index contributed by atoms with van der Waals surface area (Å²) in [5, 5.41) is 3.08. The van der Waals surface area contributed by atoms with Crippen molar-refractivity contribution in [2.24, 2.45) is 0 Å². The lowest BCUT2D eigenvalue weighted by molar-refractivity contribution is -0.128. The molecule has 0 unspecified atom stereocenters. The first-order valence-electron chi connectivity index (χ1n) is 7.77. The Morgan fingerprint density at radius 1 is 1.26 bits per heavy atom. The summed E-state index contributed by atoms with van der Waals surface area (Å²) in [6.45, 7) is 4.77. The lowest BCUT2D eigenvalue weighted by Crippen LogP contribution is -2.34. The molecule has 1 N–H and O–H groups in total. The quantitative estimate of drug-likeness (QED) is 0.931. The molecule has 0 aromatic carbocycles. The first-order chi connectivity index (χ1) is 11.2. The molecule has 1 aliphatic rings. The molecule has 2 aromatic rings. The Hall–Kier alpha value is -2.57. The minimum Gasteiger partial charge on any atom is -0.472 e. The highest BCUT2D eigenvalue weighted by molar-refractivity contribution is 5.73. The van der Waals surface area contributed by atoms with Gasteiger partial charge in [-0.05, 0) is 12.5 Å². The summed E-state index contributed by atoms with van der Waals surface area (Å²) in [4.78, 5) is 24.8. The Morgan fingerprint density at radius 2 is 2.13 bits per heavy atom. The first-order valence-corrected chi connectivity index (χ1v) is 7.77. The van der Waals surface area contributed by atoms with Crippen LogP contribution in [0.15, 0.2) is 29.1 Å². The van der Waals surface area contributed by atoms with Gasteiger partial charge in [-0.1, -0.05) is 0 Å². The topological polar surface area (TPSA) is 74.5 Å². The number of amides is 1. The van der Waals surface area contributed by atoms with Crippen LogP contribution in [0.4, 0.5) is 11.6 Å². The average molecular weight is 315 g/mol. The van der Waals surface area contributed by atoms with E-state index < -0.39 is 0 Å². The molecule has 3 rings (SSSR count). The van der Waals surface area contributed by atoms with E-state index in [2.05, 4.69) is 20.2 Å². The average Bonchev–Trinajstić information content (AvgIpc) is 2.98. The predicted octanol–water partition coefficient (Wildman–Crippen LogP) is 1.84. The van der Waals surface area contributed by atoms with Crippen LogP contribution < -0.4 is 10.2 Å². The maximum Gasteiger partial charge on any atom is 0.219 e. The number of aromatic nitrogens is 2. The minimum absolute atomic E-state index is 0.129. The molecule has 7 heteroatoms. The third kappa shape index (κ3) is 3.44. The summed E-state index contributed by atoms with van der Waals surface area (Å²) >= 11 is 0. The van der Waals surface area contributed by atoms with Crippen molar-refractivity contribution in [1.82, 2.24) is 14.9 Å². The maximum absolute atomic E-state index is 11.6. The molecule has 0 radical (unpaired) electrons. The number of rotatable bonds is 3. The maximum atomic E-state index is 11.6. The zero-order valence-electron chi connectivity index (χ0n) is 13.5. The van der Waals surface area contributed by atoms with Crippen LogP contribution in [0.3, 0.4) is 0 Å². The van der Waals surface area contributed by atoms with Crippen LogP contribution in [0.5, 0.6) is 0 Å². The summed E-state index contributed by atoms with van der Waals surface area (Å²) in [5.41, 5.74) is 0.850. The molecule has 1 fully saturated rings. The van der Waals surface area contributed by atoms with Gasteiger partial charge in [-0.15, -0.1) is 0 Å². The summed E-state index contributed by atoms with van der Waals surface area (Å²) in [5.74, 6) is 2.39. The Bertz CT molecular complexity index is 671. The normalized spacial score (nSPS) is 15.4. The van der Waals surface area contributed by atoms with Crippen molar-refractivity contribution in [3.05, 3.63) is 24.7 Å². The molecule has 3 heterocycles. The molecule has 122 valence electrons. The van der Waals surface area contributed by atoms with Crippen LogP contribution in [0.2, 0.25) is 0 Å². The van der Waals surface area contributed by atoms with Crippen molar-refractivity contribution in [3.8, 4) is 11.4 Å². The fourth-order valence-corrected chi connectivity index (χ4v) is 2.71. The van der Waals surface area contributed by atoms with Crippen LogP contribution in [0, 0.1) is 0 Å². The van der Waals surface area contributed by atoms with Crippen LogP contribution in [-0.2, 0) is 4.79 Å². The fraction of sp³-hybridized carbons (Fsp3) is 0.438. The van der Waals surface area contributed by atoms with E-state index in [0.29, 0.717) is 5.82 Å². The smallest absolute Gasteiger partial charge is 0.219 e. The highest BCUT2D eigenvalue weighted by Gasteiger charge is 2.19. The van der Waals surface area contributed by atoms with Crippen LogP contribution in [0.1, 0.15) is 13.3 Å². The Labute approximate surface area is 135 Å². The van der Waals surface area contributed by atoms with Crippen molar-refractivity contribution < 1.29 is 9.21 Å². The number of anilines is 2. The summed E-state index contributed by atoms with van der Waals surface area (Å²) in [7, 11) is 1.84. The van der Waals surface area contributed by atoms with E-state index in [1.54, 1.807) is 19.5 Å². The largest absolute Gasteiger partial charge is 0.472 e. The molecule has 1 amide bonds. The van der Waals surface area contributed by atoms with Crippen LogP contribution in [-0.4, -0.2) is 54.0 Å². The van der Waals surface area contributed by atoms with Gasteiger partial charge in [-0.2, -0.15) is 0 Å². The third-order valence-corrected chi connectivity index (χ3v) is 4.01. The Morgan fingerprint density at radius 3 is 2.83 bits per heavy atom. The molecule has 0 spiro atoms. The number of nitrogens with zero attached hydrogens (tertiary/aromatic N) is 4. The molecule has 0 aliphatic carbocycles. The molecule has 0 atom stereocenters. The van der Waals surface area contributed by atoms with Gasteiger partial charge in [0.2, 0.25) is 5.91 Å². The zero-order valence-corrected chi connectivity index (χ0v) is 13.5. The monoisotopic (exact) mass is 315 g/mol. The SMILES string of the molecule is CNc1cc(N2CCCN(C(C)=O)CC2)nc(-c2ccoc2)n1. The summed E-state index contributed by atoms with van der Waals surface area (Å²) in [6.07, 6.45) is 4.18. The van der Waals surface area contributed by atoms with Crippen LogP contribution >= 0.6 is 0 Å².